The fourth-order valence-corrected chi connectivity index (χ4v) is 10.1. The summed E-state index contributed by atoms with van der Waals surface area (Å²) in [5.41, 5.74) is 6.57. The highest BCUT2D eigenvalue weighted by molar-refractivity contribution is 7.33. The molecule has 7 aromatic carbocycles. The van der Waals surface area contributed by atoms with Gasteiger partial charge < -0.3 is 4.57 Å². The van der Waals surface area contributed by atoms with Crippen LogP contribution in [-0.2, 0) is 0 Å². The van der Waals surface area contributed by atoms with Crippen LogP contribution in [0.4, 0.5) is 0 Å². The van der Waals surface area contributed by atoms with Crippen LogP contribution in [-0.4, -0.2) is 19.5 Å². The van der Waals surface area contributed by atoms with E-state index in [0.717, 1.165) is 16.7 Å². The quantitative estimate of drug-likeness (QED) is 0.185. The zero-order valence-electron chi connectivity index (χ0n) is 27.1. The maximum atomic E-state index is 5.09. The molecule has 0 N–H and O–H groups in total. The van der Waals surface area contributed by atoms with Crippen LogP contribution in [0.2, 0.25) is 0 Å². The first kappa shape index (κ1) is 28.6. The number of para-hydroxylation sites is 2. The second-order valence-electron chi connectivity index (χ2n) is 12.8. The molecular weight excluding hydrogens is 661 g/mol. The molecule has 0 bridgehead atoms. The first-order valence-corrected chi connectivity index (χ1v) is 18.6. The maximum Gasteiger partial charge on any atom is 0.164 e. The summed E-state index contributed by atoms with van der Waals surface area (Å²) in [4.78, 5) is 15.1. The average Bonchev–Trinajstić information content (AvgIpc) is 3.88. The maximum absolute atomic E-state index is 5.09. The first-order valence-electron chi connectivity index (χ1n) is 16.9. The van der Waals surface area contributed by atoms with Crippen LogP contribution >= 0.6 is 22.7 Å². The summed E-state index contributed by atoms with van der Waals surface area (Å²) >= 11 is 3.74. The van der Waals surface area contributed by atoms with Gasteiger partial charge >= 0.3 is 0 Å². The Morgan fingerprint density at radius 2 is 0.961 bits per heavy atom. The molecule has 0 atom stereocenters. The summed E-state index contributed by atoms with van der Waals surface area (Å²) in [5, 5.41) is 7.54. The van der Waals surface area contributed by atoms with Gasteiger partial charge in [-0.15, -0.1) is 22.7 Å². The smallest absolute Gasteiger partial charge is 0.164 e. The lowest BCUT2D eigenvalue weighted by atomic mass is 10.0. The lowest BCUT2D eigenvalue weighted by Gasteiger charge is -2.09. The summed E-state index contributed by atoms with van der Waals surface area (Å²) in [7, 11) is 0. The molecule has 0 radical (unpaired) electrons. The predicted octanol–water partition coefficient (Wildman–Crippen LogP) is 12.7. The van der Waals surface area contributed by atoms with Gasteiger partial charge in [-0.1, -0.05) is 121 Å². The SMILES string of the molecule is c1ccc(-c2nc(-c3ccccc3)nc(-c3cccc4sc5c(ccc6c7cc(-n8c9ccccc9c9ccccc98)ccc7sc65)c34)n2)cc1. The summed E-state index contributed by atoms with van der Waals surface area (Å²) in [5.74, 6) is 2.02. The molecule has 0 saturated heterocycles. The largest absolute Gasteiger partial charge is 0.309 e. The summed E-state index contributed by atoms with van der Waals surface area (Å²) in [6.45, 7) is 0. The van der Waals surface area contributed by atoms with Gasteiger partial charge in [0.05, 0.1) is 20.4 Å². The number of aromatic nitrogens is 4. The van der Waals surface area contributed by atoms with Crippen molar-refractivity contribution in [1.82, 2.24) is 19.5 Å². The van der Waals surface area contributed by atoms with Crippen molar-refractivity contribution in [1.29, 1.82) is 0 Å². The van der Waals surface area contributed by atoms with Crippen LogP contribution < -0.4 is 0 Å². The zero-order valence-corrected chi connectivity index (χ0v) is 28.7. The fraction of sp³-hybridized carbons (Fsp3) is 0. The first-order chi connectivity index (χ1) is 25.3. The van der Waals surface area contributed by atoms with Crippen LogP contribution in [0.25, 0.3) is 102 Å². The molecule has 0 amide bonds. The van der Waals surface area contributed by atoms with Gasteiger partial charge in [0.2, 0.25) is 0 Å². The van der Waals surface area contributed by atoms with Gasteiger partial charge in [-0.2, -0.15) is 0 Å². The molecule has 11 aromatic rings. The Hall–Kier alpha value is -6.21. The molecular formula is C45H26N4S2. The topological polar surface area (TPSA) is 43.6 Å². The highest BCUT2D eigenvalue weighted by Crippen LogP contribution is 2.47. The molecule has 4 aromatic heterocycles. The molecule has 0 spiro atoms. The molecule has 0 saturated carbocycles. The molecule has 51 heavy (non-hydrogen) atoms. The Morgan fingerprint density at radius 1 is 0.392 bits per heavy atom. The van der Waals surface area contributed by atoms with Crippen molar-refractivity contribution in [2.45, 2.75) is 0 Å². The molecule has 0 aliphatic rings. The van der Waals surface area contributed by atoms with Gasteiger partial charge in [-0.05, 0) is 36.4 Å². The number of nitrogens with zero attached hydrogens (tertiary/aromatic N) is 4. The van der Waals surface area contributed by atoms with Gasteiger partial charge in [0.1, 0.15) is 0 Å². The van der Waals surface area contributed by atoms with Crippen molar-refractivity contribution in [3.8, 4) is 39.9 Å². The monoisotopic (exact) mass is 686 g/mol. The minimum atomic E-state index is 0.668. The van der Waals surface area contributed by atoms with Crippen molar-refractivity contribution < 1.29 is 0 Å². The Balaban J connectivity index is 1.12. The number of rotatable bonds is 4. The van der Waals surface area contributed by atoms with Gasteiger partial charge in [0.25, 0.3) is 0 Å². The Labute approximate surface area is 300 Å². The number of thiophene rings is 2. The minimum Gasteiger partial charge on any atom is -0.309 e. The van der Waals surface area contributed by atoms with E-state index in [9.17, 15) is 0 Å². The van der Waals surface area contributed by atoms with Gasteiger partial charge in [-0.3, -0.25) is 0 Å². The third kappa shape index (κ3) is 4.40. The van der Waals surface area contributed by atoms with E-state index in [2.05, 4.69) is 126 Å². The van der Waals surface area contributed by atoms with E-state index < -0.39 is 0 Å². The molecule has 11 rings (SSSR count). The van der Waals surface area contributed by atoms with E-state index in [1.54, 1.807) is 0 Å². The normalized spacial score (nSPS) is 11.9. The van der Waals surface area contributed by atoms with E-state index >= 15 is 0 Å². The van der Waals surface area contributed by atoms with Crippen molar-refractivity contribution in [2.75, 3.05) is 0 Å². The van der Waals surface area contributed by atoms with Crippen molar-refractivity contribution in [2.24, 2.45) is 0 Å². The van der Waals surface area contributed by atoms with E-state index in [4.69, 9.17) is 15.0 Å². The Kier molecular flexibility index (Phi) is 6.26. The van der Waals surface area contributed by atoms with Crippen LogP contribution in [0, 0.1) is 0 Å². The summed E-state index contributed by atoms with van der Waals surface area (Å²) in [6.07, 6.45) is 0. The lowest BCUT2D eigenvalue weighted by Crippen LogP contribution is -2.00. The molecule has 0 unspecified atom stereocenters. The van der Waals surface area contributed by atoms with Crippen LogP contribution in [0.3, 0.4) is 0 Å². The third-order valence-electron chi connectivity index (χ3n) is 9.86. The standard InChI is InChI=1S/C45H26N4S2/c1-3-12-27(13-4-1)43-46-44(28-14-5-2-6-15-28)48-45(47-43)34-18-11-21-39-40(34)33-24-23-32-35-26-29(22-25-38(35)50-41(32)42(33)51-39)49-36-19-9-7-16-30(36)31-17-8-10-20-37(31)49/h1-26H. The van der Waals surface area contributed by atoms with Gasteiger partial charge in [0.15, 0.2) is 17.5 Å². The van der Waals surface area contributed by atoms with E-state index in [1.807, 2.05) is 59.1 Å². The molecule has 6 heteroatoms. The molecule has 0 fully saturated rings. The predicted molar refractivity (Wildman–Crippen MR) is 216 cm³/mol. The van der Waals surface area contributed by atoms with Crippen LogP contribution in [0.1, 0.15) is 0 Å². The Bertz CT molecular complexity index is 3030. The van der Waals surface area contributed by atoms with Crippen LogP contribution in [0.5, 0.6) is 0 Å². The average molecular weight is 687 g/mol. The molecule has 238 valence electrons. The van der Waals surface area contributed by atoms with Crippen LogP contribution in [0.15, 0.2) is 158 Å². The van der Waals surface area contributed by atoms with Gasteiger partial charge in [0, 0.05) is 64.1 Å². The second kappa shape index (κ2) is 11.2. The summed E-state index contributed by atoms with van der Waals surface area (Å²) < 4.78 is 7.54. The fourth-order valence-electron chi connectivity index (χ4n) is 7.56. The van der Waals surface area contributed by atoms with E-state index in [-0.39, 0.29) is 0 Å². The van der Waals surface area contributed by atoms with Gasteiger partial charge in [-0.25, -0.2) is 15.0 Å². The second-order valence-corrected chi connectivity index (χ2v) is 14.9. The van der Waals surface area contributed by atoms with Crippen molar-refractivity contribution in [3.63, 3.8) is 0 Å². The third-order valence-corrected chi connectivity index (χ3v) is 12.4. The highest BCUT2D eigenvalue weighted by Gasteiger charge is 2.20. The Morgan fingerprint density at radius 3 is 1.65 bits per heavy atom. The minimum absolute atomic E-state index is 0.668. The molecule has 0 aliphatic carbocycles. The number of hydrogen-bond acceptors (Lipinski definition) is 5. The lowest BCUT2D eigenvalue weighted by molar-refractivity contribution is 1.08. The van der Waals surface area contributed by atoms with E-state index in [0.29, 0.717) is 17.5 Å². The molecule has 4 heterocycles. The highest BCUT2D eigenvalue weighted by atomic mass is 32.1. The molecule has 0 aliphatic heterocycles. The molecule has 4 nitrogen and oxygen atoms in total. The number of benzene rings is 7. The van der Waals surface area contributed by atoms with Crippen molar-refractivity contribution in [3.05, 3.63) is 158 Å². The van der Waals surface area contributed by atoms with E-state index in [1.165, 1.54) is 67.8 Å². The number of fused-ring (bicyclic) bond motifs is 10. The number of hydrogen-bond donors (Lipinski definition) is 0. The zero-order chi connectivity index (χ0) is 33.5. The van der Waals surface area contributed by atoms with Crippen molar-refractivity contribution >= 4 is 84.8 Å². The summed E-state index contributed by atoms with van der Waals surface area (Å²) in [6, 6.07) is 55.8.